The predicted molar refractivity (Wildman–Crippen MR) is 104 cm³/mol. The number of hydrogen-bond donors (Lipinski definition) is 0. The first-order chi connectivity index (χ1) is 11.8. The van der Waals surface area contributed by atoms with Crippen molar-refractivity contribution in [2.24, 2.45) is 29.6 Å². The third kappa shape index (κ3) is 6.88. The maximum Gasteiger partial charge on any atom is 0.522 e. The first kappa shape index (κ1) is 24.7. The van der Waals surface area contributed by atoms with E-state index >= 15 is 0 Å². The van der Waals surface area contributed by atoms with Crippen LogP contribution in [0, 0.1) is 29.6 Å². The summed E-state index contributed by atoms with van der Waals surface area (Å²) < 4.78 is 55.1. The quantitative estimate of drug-likeness (QED) is 0.470. The third-order valence-electron chi connectivity index (χ3n) is 7.25. The normalized spacial score (nSPS) is 40.6. The molecule has 2 nitrogen and oxygen atoms in total. The van der Waals surface area contributed by atoms with E-state index < -0.39 is 18.6 Å². The van der Waals surface area contributed by atoms with Crippen LogP contribution < -0.4 is 0 Å². The average molecular weight is 403 g/mol. The maximum absolute atomic E-state index is 14.2. The fourth-order valence-corrected chi connectivity index (χ4v) is 5.70. The van der Waals surface area contributed by atoms with E-state index in [2.05, 4.69) is 11.7 Å². The zero-order valence-electron chi connectivity index (χ0n) is 15.7. The molecule has 27 heavy (non-hydrogen) atoms. The Morgan fingerprint density at radius 3 is 1.59 bits per heavy atom. The maximum atomic E-state index is 14.2. The van der Waals surface area contributed by atoms with Gasteiger partial charge in [0.1, 0.15) is 6.17 Å². The second kappa shape index (κ2) is 10.4. The summed E-state index contributed by atoms with van der Waals surface area (Å²) in [5.41, 5.74) is 0. The van der Waals surface area contributed by atoms with Gasteiger partial charge in [0.25, 0.3) is 0 Å². The van der Waals surface area contributed by atoms with Gasteiger partial charge in [0.05, 0.1) is 6.10 Å². The van der Waals surface area contributed by atoms with Crippen molar-refractivity contribution in [2.75, 3.05) is 0 Å². The summed E-state index contributed by atoms with van der Waals surface area (Å²) in [6.07, 6.45) is 3.82. The van der Waals surface area contributed by atoms with Crippen LogP contribution in [0.15, 0.2) is 0 Å². The van der Waals surface area contributed by atoms with E-state index in [1.807, 2.05) is 0 Å². The summed E-state index contributed by atoms with van der Waals surface area (Å²) in [5.74, 6) is 3.33. The van der Waals surface area contributed by atoms with Crippen molar-refractivity contribution in [2.45, 2.75) is 104 Å². The molecule has 0 aromatic carbocycles. The molecule has 0 aromatic rings. The lowest BCUT2D eigenvalue weighted by atomic mass is 9.65. The third-order valence-corrected chi connectivity index (χ3v) is 7.25. The molecule has 3 aliphatic rings. The van der Waals surface area contributed by atoms with Gasteiger partial charge in [-0.2, -0.15) is 0 Å². The van der Waals surface area contributed by atoms with Crippen molar-refractivity contribution in [1.82, 2.24) is 0 Å². The molecule has 3 rings (SSSR count). The second-order valence-electron chi connectivity index (χ2n) is 8.89. The van der Waals surface area contributed by atoms with Gasteiger partial charge in [-0.3, -0.25) is 4.74 Å². The number of rotatable bonds is 3. The molecule has 0 radical (unpaired) electrons. The Balaban J connectivity index is 0. The molecule has 3 saturated carbocycles. The predicted octanol–water partition coefficient (Wildman–Crippen LogP) is 6.97. The minimum atomic E-state index is -4.72. The van der Waals surface area contributed by atoms with Crippen molar-refractivity contribution >= 4 is 0 Å². The van der Waals surface area contributed by atoms with Gasteiger partial charge < -0.3 is 5.48 Å². The number of ether oxygens (including phenoxy) is 1. The number of alkyl halides is 4. The van der Waals surface area contributed by atoms with Crippen LogP contribution in [0.5, 0.6) is 0 Å². The van der Waals surface area contributed by atoms with E-state index in [9.17, 15) is 17.6 Å². The van der Waals surface area contributed by atoms with E-state index in [4.69, 9.17) is 0 Å². The lowest BCUT2D eigenvalue weighted by Crippen LogP contribution is -2.39. The highest BCUT2D eigenvalue weighted by molar-refractivity contribution is 4.88. The molecule has 0 heterocycles. The Labute approximate surface area is 164 Å². The van der Waals surface area contributed by atoms with Gasteiger partial charge >= 0.3 is 6.36 Å². The van der Waals surface area contributed by atoms with Crippen molar-refractivity contribution in [3.05, 3.63) is 0 Å². The SMILES string of the molecule is C.CC1CCC(C2CCC(C3CCC(OC(F)(F)F)C(F)C3)CC2)CC1.O.[HH].[HH]. The van der Waals surface area contributed by atoms with E-state index in [0.29, 0.717) is 12.3 Å². The van der Waals surface area contributed by atoms with Crippen LogP contribution in [0.2, 0.25) is 0 Å². The van der Waals surface area contributed by atoms with Crippen LogP contribution in [0.3, 0.4) is 0 Å². The van der Waals surface area contributed by atoms with Crippen LogP contribution in [0.25, 0.3) is 0 Å². The van der Waals surface area contributed by atoms with Crippen molar-refractivity contribution in [1.29, 1.82) is 0 Å². The molecule has 0 saturated heterocycles. The molecule has 166 valence electrons. The van der Waals surface area contributed by atoms with E-state index in [0.717, 1.165) is 30.6 Å². The highest BCUT2D eigenvalue weighted by Gasteiger charge is 2.42. The van der Waals surface area contributed by atoms with Crippen LogP contribution in [-0.4, -0.2) is 24.1 Å². The van der Waals surface area contributed by atoms with Gasteiger partial charge in [-0.15, -0.1) is 13.2 Å². The molecule has 2 N–H and O–H groups in total. The van der Waals surface area contributed by atoms with Gasteiger partial charge in [-0.05, 0) is 87.4 Å². The monoisotopic (exact) mass is 402 g/mol. The summed E-state index contributed by atoms with van der Waals surface area (Å²) in [4.78, 5) is 0. The van der Waals surface area contributed by atoms with Crippen LogP contribution in [0.1, 0.15) is 87.8 Å². The summed E-state index contributed by atoms with van der Waals surface area (Å²) in [5, 5.41) is 0. The zero-order valence-corrected chi connectivity index (χ0v) is 15.7. The van der Waals surface area contributed by atoms with Crippen molar-refractivity contribution < 1.29 is 30.6 Å². The Hall–Kier alpha value is -0.360. The van der Waals surface area contributed by atoms with Gasteiger partial charge in [0, 0.05) is 2.85 Å². The molecule has 3 fully saturated rings. The molecule has 0 spiro atoms. The number of halogens is 4. The summed E-state index contributed by atoms with van der Waals surface area (Å²) in [6.45, 7) is 2.35. The lowest BCUT2D eigenvalue weighted by Gasteiger charge is -2.41. The molecule has 0 aliphatic heterocycles. The Kier molecular flexibility index (Phi) is 9.53. The topological polar surface area (TPSA) is 40.7 Å². The van der Waals surface area contributed by atoms with Crippen LogP contribution >= 0.6 is 0 Å². The lowest BCUT2D eigenvalue weighted by molar-refractivity contribution is -0.352. The Morgan fingerprint density at radius 1 is 0.741 bits per heavy atom. The van der Waals surface area contributed by atoms with Gasteiger partial charge in [-0.1, -0.05) is 27.2 Å². The standard InChI is InChI=1S/C20H32F4O.CH4.H2O.2H2/c1-13-2-4-14(5-3-13)15-6-8-16(9-7-15)17-10-11-19(18(21)12-17)25-20(22,23)24;;;;/h13-19H,2-12H2,1H3;1H4;1H2;2*1H. The zero-order chi connectivity index (χ0) is 18.0. The summed E-state index contributed by atoms with van der Waals surface area (Å²) >= 11 is 0. The summed E-state index contributed by atoms with van der Waals surface area (Å²) in [6, 6.07) is 0. The minimum absolute atomic E-state index is 0. The molecular formula is C21H42F4O2. The highest BCUT2D eigenvalue weighted by Crippen LogP contribution is 2.46. The van der Waals surface area contributed by atoms with E-state index in [-0.39, 0.29) is 34.5 Å². The molecule has 6 heteroatoms. The largest absolute Gasteiger partial charge is 0.522 e. The van der Waals surface area contributed by atoms with Crippen molar-refractivity contribution in [3.8, 4) is 0 Å². The smallest absolute Gasteiger partial charge is 0.412 e. The van der Waals surface area contributed by atoms with Crippen molar-refractivity contribution in [3.63, 3.8) is 0 Å². The molecular weight excluding hydrogens is 360 g/mol. The molecule has 0 bridgehead atoms. The number of hydrogen-bond acceptors (Lipinski definition) is 1. The highest BCUT2D eigenvalue weighted by atomic mass is 19.4. The van der Waals surface area contributed by atoms with Crippen LogP contribution in [0.4, 0.5) is 17.6 Å². The Bertz CT molecular complexity index is 423. The van der Waals surface area contributed by atoms with Gasteiger partial charge in [-0.25, -0.2) is 4.39 Å². The molecule has 0 aromatic heterocycles. The van der Waals surface area contributed by atoms with Gasteiger partial charge in [0.2, 0.25) is 0 Å². The second-order valence-corrected chi connectivity index (χ2v) is 8.89. The summed E-state index contributed by atoms with van der Waals surface area (Å²) in [7, 11) is 0. The first-order valence-corrected chi connectivity index (χ1v) is 10.2. The molecule has 3 unspecified atom stereocenters. The average Bonchev–Trinajstić information content (AvgIpc) is 2.56. The fourth-order valence-electron chi connectivity index (χ4n) is 5.70. The van der Waals surface area contributed by atoms with Crippen LogP contribution in [-0.2, 0) is 4.74 Å². The molecule has 3 atom stereocenters. The Morgan fingerprint density at radius 2 is 1.15 bits per heavy atom. The minimum Gasteiger partial charge on any atom is -0.412 e. The molecule has 0 amide bonds. The fraction of sp³-hybridized carbons (Fsp3) is 1.00. The van der Waals surface area contributed by atoms with E-state index in [1.54, 1.807) is 0 Å². The van der Waals surface area contributed by atoms with E-state index in [1.165, 1.54) is 38.5 Å². The van der Waals surface area contributed by atoms with Gasteiger partial charge in [0.15, 0.2) is 0 Å². The first-order valence-electron chi connectivity index (χ1n) is 10.2. The molecule has 3 aliphatic carbocycles.